The molecule has 7 nitrogen and oxygen atoms in total. The average Bonchev–Trinajstić information content (AvgIpc) is 2.93. The largest absolute Gasteiger partial charge is 0.497 e. The summed E-state index contributed by atoms with van der Waals surface area (Å²) in [6.07, 6.45) is 1.76. The zero-order chi connectivity index (χ0) is 15.2. The van der Waals surface area contributed by atoms with Crippen molar-refractivity contribution in [1.29, 1.82) is 0 Å². The number of aliphatic carboxylic acids is 1. The molecule has 0 spiro atoms. The molecule has 0 fully saturated rings. The maximum Gasteiger partial charge on any atom is 0.303 e. The van der Waals surface area contributed by atoms with Crippen molar-refractivity contribution in [2.24, 2.45) is 0 Å². The van der Waals surface area contributed by atoms with Crippen molar-refractivity contribution in [2.75, 3.05) is 19.5 Å². The number of methoxy groups -OCH3 is 2. The van der Waals surface area contributed by atoms with E-state index in [1.165, 1.54) is 6.26 Å². The Bertz CT molecular complexity index is 624. The number of carboxylic acids is 1. The molecule has 0 aliphatic heterocycles. The number of oxazole rings is 1. The quantitative estimate of drug-likeness (QED) is 0.809. The van der Waals surface area contributed by atoms with E-state index in [1.54, 1.807) is 32.4 Å². The standard InChI is InChI=1S/C14H16N2O5/c1-19-10-4-5-11(12(7-10)20-2)16-14-15-9(8-21-14)3-6-13(17)18/h4-5,7-8H,3,6H2,1-2H3,(H,15,16)(H,17,18). The Kier molecular flexibility index (Phi) is 4.65. The lowest BCUT2D eigenvalue weighted by atomic mass is 10.2. The Morgan fingerprint density at radius 1 is 1.38 bits per heavy atom. The summed E-state index contributed by atoms with van der Waals surface area (Å²) in [5.74, 6) is 0.385. The number of benzene rings is 1. The summed E-state index contributed by atoms with van der Waals surface area (Å²) in [6, 6.07) is 5.56. The van der Waals surface area contributed by atoms with Crippen LogP contribution in [0, 0.1) is 0 Å². The smallest absolute Gasteiger partial charge is 0.303 e. The van der Waals surface area contributed by atoms with Gasteiger partial charge in [0.1, 0.15) is 17.8 Å². The minimum Gasteiger partial charge on any atom is -0.497 e. The molecule has 0 aliphatic rings. The number of nitrogens with zero attached hydrogens (tertiary/aromatic N) is 1. The average molecular weight is 292 g/mol. The number of hydrogen-bond donors (Lipinski definition) is 2. The molecule has 1 aromatic heterocycles. The highest BCUT2D eigenvalue weighted by Gasteiger charge is 2.10. The first kappa shape index (κ1) is 14.7. The number of aromatic nitrogens is 1. The maximum absolute atomic E-state index is 10.5. The fourth-order valence-electron chi connectivity index (χ4n) is 1.73. The molecule has 0 saturated heterocycles. The number of ether oxygens (including phenoxy) is 2. The van der Waals surface area contributed by atoms with Gasteiger partial charge in [-0.05, 0) is 12.1 Å². The van der Waals surface area contributed by atoms with Gasteiger partial charge in [0.15, 0.2) is 0 Å². The van der Waals surface area contributed by atoms with Crippen molar-refractivity contribution in [3.63, 3.8) is 0 Å². The first-order chi connectivity index (χ1) is 10.1. The van der Waals surface area contributed by atoms with Crippen LogP contribution in [-0.2, 0) is 11.2 Å². The molecule has 0 bridgehead atoms. The summed E-state index contributed by atoms with van der Waals surface area (Å²) < 4.78 is 15.6. The Hall–Kier alpha value is -2.70. The summed E-state index contributed by atoms with van der Waals surface area (Å²) in [7, 11) is 3.12. The molecule has 0 amide bonds. The molecule has 1 aromatic carbocycles. The number of hydrogen-bond acceptors (Lipinski definition) is 6. The van der Waals surface area contributed by atoms with Gasteiger partial charge in [0, 0.05) is 12.5 Å². The second-order valence-electron chi connectivity index (χ2n) is 4.23. The van der Waals surface area contributed by atoms with Crippen molar-refractivity contribution in [3.8, 4) is 11.5 Å². The predicted molar refractivity (Wildman–Crippen MR) is 75.3 cm³/mol. The van der Waals surface area contributed by atoms with Gasteiger partial charge in [-0.25, -0.2) is 0 Å². The van der Waals surface area contributed by atoms with Crippen LogP contribution in [0.1, 0.15) is 12.1 Å². The number of carbonyl (C=O) groups is 1. The molecule has 112 valence electrons. The van der Waals surface area contributed by atoms with E-state index in [0.29, 0.717) is 29.3 Å². The van der Waals surface area contributed by atoms with Crippen molar-refractivity contribution < 1.29 is 23.8 Å². The molecule has 0 aliphatic carbocycles. The van der Waals surface area contributed by atoms with Crippen LogP contribution in [0.15, 0.2) is 28.9 Å². The van der Waals surface area contributed by atoms with Gasteiger partial charge in [-0.1, -0.05) is 0 Å². The van der Waals surface area contributed by atoms with E-state index in [-0.39, 0.29) is 12.4 Å². The molecule has 2 rings (SSSR count). The number of anilines is 2. The van der Waals surface area contributed by atoms with Crippen LogP contribution in [-0.4, -0.2) is 30.3 Å². The Morgan fingerprint density at radius 3 is 2.86 bits per heavy atom. The van der Waals surface area contributed by atoms with Gasteiger partial charge in [0.05, 0.1) is 32.0 Å². The highest BCUT2D eigenvalue weighted by Crippen LogP contribution is 2.31. The molecule has 0 saturated carbocycles. The number of nitrogens with one attached hydrogen (secondary N) is 1. The van der Waals surface area contributed by atoms with Gasteiger partial charge in [-0.2, -0.15) is 4.98 Å². The molecular weight excluding hydrogens is 276 g/mol. The molecule has 1 heterocycles. The Labute approximate surface area is 121 Å². The van der Waals surface area contributed by atoms with Gasteiger partial charge < -0.3 is 24.3 Å². The van der Waals surface area contributed by atoms with E-state index in [2.05, 4.69) is 10.3 Å². The summed E-state index contributed by atoms with van der Waals surface area (Å²) >= 11 is 0. The fraction of sp³-hybridized carbons (Fsp3) is 0.286. The molecular formula is C14H16N2O5. The van der Waals surface area contributed by atoms with E-state index in [9.17, 15) is 4.79 Å². The third kappa shape index (κ3) is 3.88. The second kappa shape index (κ2) is 6.65. The van der Waals surface area contributed by atoms with Crippen LogP contribution >= 0.6 is 0 Å². The van der Waals surface area contributed by atoms with E-state index in [0.717, 1.165) is 0 Å². The van der Waals surface area contributed by atoms with Crippen LogP contribution in [0.3, 0.4) is 0 Å². The topological polar surface area (TPSA) is 93.8 Å². The molecule has 21 heavy (non-hydrogen) atoms. The zero-order valence-electron chi connectivity index (χ0n) is 11.8. The first-order valence-electron chi connectivity index (χ1n) is 6.27. The SMILES string of the molecule is COc1ccc(Nc2nc(CCC(=O)O)co2)c(OC)c1. The summed E-state index contributed by atoms with van der Waals surface area (Å²) in [5, 5.41) is 11.6. The minimum atomic E-state index is -0.871. The highest BCUT2D eigenvalue weighted by atomic mass is 16.5. The van der Waals surface area contributed by atoms with Gasteiger partial charge in [0.2, 0.25) is 0 Å². The number of rotatable bonds is 7. The second-order valence-corrected chi connectivity index (χ2v) is 4.23. The molecule has 2 N–H and O–H groups in total. The van der Waals surface area contributed by atoms with E-state index < -0.39 is 5.97 Å². The summed E-state index contributed by atoms with van der Waals surface area (Å²) in [6.45, 7) is 0. The third-order valence-corrected chi connectivity index (χ3v) is 2.80. The highest BCUT2D eigenvalue weighted by molar-refractivity contribution is 5.67. The number of carboxylic acid groups (broad SMARTS) is 1. The van der Waals surface area contributed by atoms with Gasteiger partial charge >= 0.3 is 5.97 Å². The maximum atomic E-state index is 10.5. The van der Waals surface area contributed by atoms with Crippen LogP contribution < -0.4 is 14.8 Å². The molecule has 0 unspecified atom stereocenters. The molecule has 0 atom stereocenters. The molecule has 2 aromatic rings. The van der Waals surface area contributed by atoms with Crippen molar-refractivity contribution in [3.05, 3.63) is 30.2 Å². The summed E-state index contributed by atoms with van der Waals surface area (Å²) in [4.78, 5) is 14.7. The lowest BCUT2D eigenvalue weighted by molar-refractivity contribution is -0.136. The Balaban J connectivity index is 2.09. The van der Waals surface area contributed by atoms with Gasteiger partial charge in [-0.15, -0.1) is 0 Å². The van der Waals surface area contributed by atoms with Crippen LogP contribution in [0.25, 0.3) is 0 Å². The van der Waals surface area contributed by atoms with E-state index >= 15 is 0 Å². The predicted octanol–water partition coefficient (Wildman–Crippen LogP) is 2.45. The van der Waals surface area contributed by atoms with E-state index in [1.807, 2.05) is 0 Å². The van der Waals surface area contributed by atoms with Crippen LogP contribution in [0.5, 0.6) is 11.5 Å². The lowest BCUT2D eigenvalue weighted by Crippen LogP contribution is -1.98. The minimum absolute atomic E-state index is 0.0117. The summed E-state index contributed by atoms with van der Waals surface area (Å²) in [5.41, 5.74) is 1.25. The number of aryl methyl sites for hydroxylation is 1. The van der Waals surface area contributed by atoms with Gasteiger partial charge in [0.25, 0.3) is 6.01 Å². The third-order valence-electron chi connectivity index (χ3n) is 2.80. The zero-order valence-corrected chi connectivity index (χ0v) is 11.8. The van der Waals surface area contributed by atoms with E-state index in [4.69, 9.17) is 19.0 Å². The van der Waals surface area contributed by atoms with Crippen molar-refractivity contribution >= 4 is 17.7 Å². The van der Waals surface area contributed by atoms with Gasteiger partial charge in [-0.3, -0.25) is 4.79 Å². The van der Waals surface area contributed by atoms with Crippen molar-refractivity contribution in [1.82, 2.24) is 4.98 Å². The monoisotopic (exact) mass is 292 g/mol. The molecule has 7 heteroatoms. The first-order valence-corrected chi connectivity index (χ1v) is 6.27. The van der Waals surface area contributed by atoms with Crippen LogP contribution in [0.4, 0.5) is 11.7 Å². The molecule has 0 radical (unpaired) electrons. The van der Waals surface area contributed by atoms with Crippen LogP contribution in [0.2, 0.25) is 0 Å². The van der Waals surface area contributed by atoms with Crippen molar-refractivity contribution in [2.45, 2.75) is 12.8 Å². The normalized spacial score (nSPS) is 10.2. The lowest BCUT2D eigenvalue weighted by Gasteiger charge is -2.10. The fourth-order valence-corrected chi connectivity index (χ4v) is 1.73. The Morgan fingerprint density at radius 2 is 2.19 bits per heavy atom.